The molecule has 172 valence electrons. The zero-order chi connectivity index (χ0) is 23.4. The summed E-state index contributed by atoms with van der Waals surface area (Å²) in [5.74, 6) is 0.794. The van der Waals surface area contributed by atoms with Gasteiger partial charge in [-0.1, -0.05) is 19.1 Å². The van der Waals surface area contributed by atoms with Gasteiger partial charge in [0.05, 0.1) is 6.20 Å². The van der Waals surface area contributed by atoms with Crippen molar-refractivity contribution in [3.63, 3.8) is 0 Å². The molecule has 0 aliphatic carbocycles. The van der Waals surface area contributed by atoms with Gasteiger partial charge in [0.1, 0.15) is 24.0 Å². The Morgan fingerprint density at radius 2 is 2.12 bits per heavy atom. The number of nitrogens with one attached hydrogen (secondary N) is 1. The summed E-state index contributed by atoms with van der Waals surface area (Å²) in [6, 6.07) is 15.2. The van der Waals surface area contributed by atoms with Crippen LogP contribution < -0.4 is 15.0 Å². The molecule has 7 heteroatoms. The van der Waals surface area contributed by atoms with Gasteiger partial charge in [0.25, 0.3) is 0 Å². The Morgan fingerprint density at radius 3 is 2.85 bits per heavy atom. The van der Waals surface area contributed by atoms with Crippen LogP contribution in [-0.4, -0.2) is 24.1 Å². The highest BCUT2D eigenvalue weighted by molar-refractivity contribution is 5.67. The maximum atomic E-state index is 13.4. The number of nitrogens with zero attached hydrogens (tertiary/aromatic N) is 2. The number of fused-ring (bicyclic) bond motifs is 1. The summed E-state index contributed by atoms with van der Waals surface area (Å²) < 4.78 is 24.4. The Bertz CT molecular complexity index is 1130. The minimum Gasteiger partial charge on any atom is -0.489 e. The van der Waals surface area contributed by atoms with Crippen molar-refractivity contribution in [3.05, 3.63) is 77.2 Å². The molecule has 0 saturated heterocycles. The first kappa shape index (κ1) is 22.6. The molecule has 0 unspecified atom stereocenters. The number of rotatable bonds is 8. The van der Waals surface area contributed by atoms with E-state index < -0.39 is 0 Å². The molecule has 1 aromatic heterocycles. The molecule has 4 rings (SSSR count). The van der Waals surface area contributed by atoms with Gasteiger partial charge in [-0.2, -0.15) is 0 Å². The number of hydrogen-bond acceptors (Lipinski definition) is 6. The minimum absolute atomic E-state index is 0.318. The smallest absolute Gasteiger partial charge is 0.303 e. The number of anilines is 3. The Hall–Kier alpha value is -3.61. The number of aromatic nitrogens is 1. The molecule has 1 atom stereocenters. The lowest BCUT2D eigenvalue weighted by Crippen LogP contribution is -2.20. The Balaban J connectivity index is 1.51. The first-order valence-corrected chi connectivity index (χ1v) is 11.1. The lowest BCUT2D eigenvalue weighted by atomic mass is 10.0. The number of hydrogen-bond donors (Lipinski definition) is 1. The number of esters is 1. The van der Waals surface area contributed by atoms with Crippen molar-refractivity contribution in [1.82, 2.24) is 4.98 Å². The van der Waals surface area contributed by atoms with E-state index >= 15 is 0 Å². The maximum absolute atomic E-state index is 13.4. The van der Waals surface area contributed by atoms with Crippen LogP contribution in [0, 0.1) is 12.7 Å². The van der Waals surface area contributed by atoms with Gasteiger partial charge in [-0.15, -0.1) is 0 Å². The van der Waals surface area contributed by atoms with Crippen molar-refractivity contribution in [1.29, 1.82) is 0 Å². The second-order valence-electron chi connectivity index (χ2n) is 8.06. The van der Waals surface area contributed by atoms with E-state index in [9.17, 15) is 9.18 Å². The first-order chi connectivity index (χ1) is 16.0. The van der Waals surface area contributed by atoms with E-state index in [0.29, 0.717) is 13.2 Å². The molecule has 0 radical (unpaired) electrons. The van der Waals surface area contributed by atoms with Gasteiger partial charge >= 0.3 is 5.97 Å². The predicted molar refractivity (Wildman–Crippen MR) is 126 cm³/mol. The topological polar surface area (TPSA) is 63.7 Å². The second kappa shape index (κ2) is 9.90. The summed E-state index contributed by atoms with van der Waals surface area (Å²) in [5, 5.41) is 3.46. The molecule has 2 heterocycles. The molecular formula is C26H28FN3O3. The third kappa shape index (κ3) is 5.08. The third-order valence-corrected chi connectivity index (χ3v) is 5.69. The molecule has 0 amide bonds. The van der Waals surface area contributed by atoms with Crippen molar-refractivity contribution in [2.24, 2.45) is 0 Å². The minimum atomic E-state index is -0.352. The van der Waals surface area contributed by atoms with Crippen LogP contribution in [0.15, 0.2) is 54.7 Å². The SMILES string of the molecule is CCCN(c1ccc(F)cn1)c1cccc(CNc2ccc3c(c2)OC[C@H]3OC(C)=O)c1C. The third-order valence-electron chi connectivity index (χ3n) is 5.69. The lowest BCUT2D eigenvalue weighted by Gasteiger charge is -2.26. The van der Waals surface area contributed by atoms with Gasteiger partial charge in [-0.05, 0) is 54.8 Å². The average Bonchev–Trinajstić information content (AvgIpc) is 3.19. The van der Waals surface area contributed by atoms with Crippen molar-refractivity contribution < 1.29 is 18.7 Å². The van der Waals surface area contributed by atoms with E-state index in [0.717, 1.165) is 52.6 Å². The number of pyridine rings is 1. The molecule has 1 N–H and O–H groups in total. The Kier molecular flexibility index (Phi) is 6.77. The molecule has 0 bridgehead atoms. The normalized spacial score (nSPS) is 14.4. The molecule has 0 saturated carbocycles. The predicted octanol–water partition coefficient (Wildman–Crippen LogP) is 5.69. The van der Waals surface area contributed by atoms with Crippen LogP contribution in [0.25, 0.3) is 0 Å². The van der Waals surface area contributed by atoms with Crippen molar-refractivity contribution >= 4 is 23.2 Å². The van der Waals surface area contributed by atoms with E-state index in [4.69, 9.17) is 9.47 Å². The van der Waals surface area contributed by atoms with Crippen molar-refractivity contribution in [2.75, 3.05) is 23.4 Å². The highest BCUT2D eigenvalue weighted by Gasteiger charge is 2.26. The Labute approximate surface area is 193 Å². The highest BCUT2D eigenvalue weighted by atomic mass is 19.1. The molecule has 0 spiro atoms. The van der Waals surface area contributed by atoms with Crippen LogP contribution in [0.3, 0.4) is 0 Å². The van der Waals surface area contributed by atoms with Crippen LogP contribution in [-0.2, 0) is 16.1 Å². The number of carbonyl (C=O) groups is 1. The van der Waals surface area contributed by atoms with Crippen LogP contribution >= 0.6 is 0 Å². The zero-order valence-electron chi connectivity index (χ0n) is 19.1. The number of benzene rings is 2. The van der Waals surface area contributed by atoms with E-state index in [1.807, 2.05) is 24.3 Å². The lowest BCUT2D eigenvalue weighted by molar-refractivity contribution is -0.147. The average molecular weight is 450 g/mol. The quantitative estimate of drug-likeness (QED) is 0.446. The molecule has 1 aliphatic heterocycles. The molecule has 33 heavy (non-hydrogen) atoms. The summed E-state index contributed by atoms with van der Waals surface area (Å²) in [6.07, 6.45) is 1.83. The van der Waals surface area contributed by atoms with Gasteiger partial charge < -0.3 is 19.7 Å². The fraction of sp³-hybridized carbons (Fsp3) is 0.308. The van der Waals surface area contributed by atoms with Crippen LogP contribution in [0.2, 0.25) is 0 Å². The highest BCUT2D eigenvalue weighted by Crippen LogP contribution is 2.37. The first-order valence-electron chi connectivity index (χ1n) is 11.1. The van der Waals surface area contributed by atoms with Crippen molar-refractivity contribution in [2.45, 2.75) is 39.8 Å². The summed E-state index contributed by atoms with van der Waals surface area (Å²) in [5.41, 5.74) is 5.15. The van der Waals surface area contributed by atoms with E-state index in [1.165, 1.54) is 19.2 Å². The van der Waals surface area contributed by atoms with Crippen LogP contribution in [0.4, 0.5) is 21.6 Å². The molecule has 6 nitrogen and oxygen atoms in total. The van der Waals surface area contributed by atoms with Crippen LogP contribution in [0.5, 0.6) is 5.75 Å². The molecular weight excluding hydrogens is 421 g/mol. The number of halogens is 1. The molecule has 3 aromatic rings. The van der Waals surface area contributed by atoms with Gasteiger partial charge in [0, 0.05) is 43.0 Å². The summed E-state index contributed by atoms with van der Waals surface area (Å²) in [4.78, 5) is 17.7. The second-order valence-corrected chi connectivity index (χ2v) is 8.06. The summed E-state index contributed by atoms with van der Waals surface area (Å²) in [6.45, 7) is 7.35. The van der Waals surface area contributed by atoms with E-state index in [2.05, 4.69) is 41.2 Å². The zero-order valence-corrected chi connectivity index (χ0v) is 19.1. The fourth-order valence-corrected chi connectivity index (χ4v) is 4.05. The number of carbonyl (C=O) groups excluding carboxylic acids is 1. The molecule has 0 fully saturated rings. The van der Waals surface area contributed by atoms with Gasteiger partial charge in [0.2, 0.25) is 0 Å². The summed E-state index contributed by atoms with van der Waals surface area (Å²) in [7, 11) is 0. The Morgan fingerprint density at radius 1 is 1.27 bits per heavy atom. The van der Waals surface area contributed by atoms with Crippen molar-refractivity contribution in [3.8, 4) is 5.75 Å². The van der Waals surface area contributed by atoms with Gasteiger partial charge in [0.15, 0.2) is 6.10 Å². The number of ether oxygens (including phenoxy) is 2. The van der Waals surface area contributed by atoms with E-state index in [1.54, 1.807) is 6.07 Å². The van der Waals surface area contributed by atoms with Gasteiger partial charge in [-0.25, -0.2) is 9.37 Å². The van der Waals surface area contributed by atoms with Gasteiger partial charge in [-0.3, -0.25) is 4.79 Å². The largest absolute Gasteiger partial charge is 0.489 e. The fourth-order valence-electron chi connectivity index (χ4n) is 4.05. The van der Waals surface area contributed by atoms with E-state index in [-0.39, 0.29) is 17.9 Å². The molecule has 2 aromatic carbocycles. The maximum Gasteiger partial charge on any atom is 0.303 e. The van der Waals surface area contributed by atoms with Crippen LogP contribution in [0.1, 0.15) is 43.1 Å². The monoisotopic (exact) mass is 449 g/mol. The summed E-state index contributed by atoms with van der Waals surface area (Å²) >= 11 is 0. The molecule has 1 aliphatic rings. The standard InChI is InChI=1S/C26H28FN3O3/c1-4-12-30(26-11-8-20(27)15-29-26)23-7-5-6-19(17(23)2)14-28-21-9-10-22-24(13-21)32-16-25(22)33-18(3)31/h5-11,13,15,25,28H,4,12,14,16H2,1-3H3/t25-/m1/s1.